The number of hydrogen-bond donors (Lipinski definition) is 1. The molecule has 1 aromatic rings. The number of nitrogens with two attached hydrogens (primary N) is 1. The van der Waals surface area contributed by atoms with Crippen LogP contribution in [0.3, 0.4) is 0 Å². The molecular weight excluding hydrogens is 234 g/mol. The highest BCUT2D eigenvalue weighted by Gasteiger charge is 2.47. The molecule has 1 atom stereocenters. The third kappa shape index (κ3) is 2.69. The first-order valence-corrected chi connectivity index (χ1v) is 7.92. The molecule has 94 valence electrons. The van der Waals surface area contributed by atoms with Crippen LogP contribution >= 0.6 is 0 Å². The summed E-state index contributed by atoms with van der Waals surface area (Å²) in [6.07, 6.45) is 3.53. The van der Waals surface area contributed by atoms with Gasteiger partial charge in [0.05, 0.1) is 5.75 Å². The van der Waals surface area contributed by atoms with Crippen LogP contribution in [0.2, 0.25) is 0 Å². The van der Waals surface area contributed by atoms with E-state index in [-0.39, 0.29) is 17.2 Å². The smallest absolute Gasteiger partial charge is 0.151 e. The highest BCUT2D eigenvalue weighted by molar-refractivity contribution is 7.89. The van der Waals surface area contributed by atoms with E-state index in [1.54, 1.807) is 0 Å². The molecule has 0 saturated heterocycles. The van der Waals surface area contributed by atoms with Crippen LogP contribution < -0.4 is 5.73 Å². The van der Waals surface area contributed by atoms with Gasteiger partial charge < -0.3 is 5.73 Å². The second kappa shape index (κ2) is 4.10. The summed E-state index contributed by atoms with van der Waals surface area (Å²) >= 11 is 0. The van der Waals surface area contributed by atoms with Crippen LogP contribution in [0.5, 0.6) is 0 Å². The Labute approximate surface area is 103 Å². The normalized spacial score (nSPS) is 19.9. The van der Waals surface area contributed by atoms with Crippen LogP contribution in [0.15, 0.2) is 24.3 Å². The maximum Gasteiger partial charge on any atom is 0.151 e. The molecule has 3 nitrogen and oxygen atoms in total. The maximum absolute atomic E-state index is 11.2. The van der Waals surface area contributed by atoms with Gasteiger partial charge in [0.15, 0.2) is 9.84 Å². The fourth-order valence-corrected chi connectivity index (χ4v) is 3.18. The standard InChI is InChI=1S/C13H19NO2S/c1-10(14)13(7-8-13)12-5-3-11(4-6-12)9-17(2,15)16/h3-6,10H,7-9,14H2,1-2H3. The minimum Gasteiger partial charge on any atom is -0.327 e. The Morgan fingerprint density at radius 2 is 1.82 bits per heavy atom. The van der Waals surface area contributed by atoms with Gasteiger partial charge in [0.25, 0.3) is 0 Å². The van der Waals surface area contributed by atoms with E-state index < -0.39 is 9.84 Å². The molecule has 0 heterocycles. The van der Waals surface area contributed by atoms with E-state index in [2.05, 4.69) is 0 Å². The van der Waals surface area contributed by atoms with Crippen molar-refractivity contribution in [2.75, 3.05) is 6.26 Å². The number of hydrogen-bond acceptors (Lipinski definition) is 3. The molecule has 2 rings (SSSR count). The van der Waals surface area contributed by atoms with Gasteiger partial charge in [-0.05, 0) is 30.9 Å². The molecule has 1 aliphatic carbocycles. The lowest BCUT2D eigenvalue weighted by Gasteiger charge is -2.20. The van der Waals surface area contributed by atoms with E-state index in [1.165, 1.54) is 11.8 Å². The minimum absolute atomic E-state index is 0.110. The maximum atomic E-state index is 11.2. The van der Waals surface area contributed by atoms with Crippen LogP contribution in [-0.4, -0.2) is 20.7 Å². The van der Waals surface area contributed by atoms with E-state index in [1.807, 2.05) is 31.2 Å². The van der Waals surface area contributed by atoms with Crippen molar-refractivity contribution in [1.29, 1.82) is 0 Å². The molecule has 0 bridgehead atoms. The summed E-state index contributed by atoms with van der Waals surface area (Å²) in [5.41, 5.74) is 8.24. The van der Waals surface area contributed by atoms with Gasteiger partial charge in [-0.25, -0.2) is 8.42 Å². The molecule has 0 aliphatic heterocycles. The van der Waals surface area contributed by atoms with Gasteiger partial charge >= 0.3 is 0 Å². The number of sulfone groups is 1. The summed E-state index contributed by atoms with van der Waals surface area (Å²) in [6.45, 7) is 2.04. The lowest BCUT2D eigenvalue weighted by atomic mass is 9.89. The Hall–Kier alpha value is -0.870. The summed E-state index contributed by atoms with van der Waals surface area (Å²) in [7, 11) is -2.95. The number of rotatable bonds is 4. The zero-order valence-corrected chi connectivity index (χ0v) is 11.1. The Bertz CT molecular complexity index is 499. The molecule has 0 radical (unpaired) electrons. The molecule has 1 aliphatic rings. The van der Waals surface area contributed by atoms with Crippen LogP contribution in [-0.2, 0) is 21.0 Å². The van der Waals surface area contributed by atoms with E-state index >= 15 is 0 Å². The second-order valence-corrected chi connectivity index (χ2v) is 7.35. The van der Waals surface area contributed by atoms with Crippen LogP contribution in [0, 0.1) is 0 Å². The predicted octanol–water partition coefficient (Wildman–Crippen LogP) is 1.61. The van der Waals surface area contributed by atoms with Gasteiger partial charge in [0, 0.05) is 17.7 Å². The van der Waals surface area contributed by atoms with Crippen molar-refractivity contribution >= 4 is 9.84 Å². The highest BCUT2D eigenvalue weighted by atomic mass is 32.2. The van der Waals surface area contributed by atoms with Crippen molar-refractivity contribution in [2.45, 2.75) is 37.0 Å². The van der Waals surface area contributed by atoms with Gasteiger partial charge in [0.1, 0.15) is 0 Å². The van der Waals surface area contributed by atoms with Crippen molar-refractivity contribution in [3.8, 4) is 0 Å². The average molecular weight is 253 g/mol. The first-order valence-electron chi connectivity index (χ1n) is 5.86. The Kier molecular flexibility index (Phi) is 3.04. The quantitative estimate of drug-likeness (QED) is 0.887. The Morgan fingerprint density at radius 3 is 2.18 bits per heavy atom. The molecule has 2 N–H and O–H groups in total. The largest absolute Gasteiger partial charge is 0.327 e. The fraction of sp³-hybridized carbons (Fsp3) is 0.538. The van der Waals surface area contributed by atoms with E-state index in [0.717, 1.165) is 18.4 Å². The topological polar surface area (TPSA) is 60.2 Å². The molecule has 0 spiro atoms. The highest BCUT2D eigenvalue weighted by Crippen LogP contribution is 2.50. The Morgan fingerprint density at radius 1 is 1.29 bits per heavy atom. The molecule has 17 heavy (non-hydrogen) atoms. The number of benzene rings is 1. The first-order chi connectivity index (χ1) is 7.83. The first kappa shape index (κ1) is 12.6. The van der Waals surface area contributed by atoms with Crippen molar-refractivity contribution < 1.29 is 8.42 Å². The second-order valence-electron chi connectivity index (χ2n) is 5.21. The SMILES string of the molecule is CC(N)C1(c2ccc(CS(C)(=O)=O)cc2)CC1. The molecule has 0 amide bonds. The molecule has 4 heteroatoms. The van der Waals surface area contributed by atoms with Crippen LogP contribution in [0.4, 0.5) is 0 Å². The van der Waals surface area contributed by atoms with Crippen LogP contribution in [0.1, 0.15) is 30.9 Å². The zero-order valence-electron chi connectivity index (χ0n) is 10.3. The molecule has 1 aromatic carbocycles. The average Bonchev–Trinajstić information content (AvgIpc) is 2.97. The fourth-order valence-electron chi connectivity index (χ4n) is 2.38. The third-order valence-electron chi connectivity index (χ3n) is 3.62. The van der Waals surface area contributed by atoms with Crippen molar-refractivity contribution in [3.63, 3.8) is 0 Å². The van der Waals surface area contributed by atoms with E-state index in [0.29, 0.717) is 0 Å². The predicted molar refractivity (Wildman–Crippen MR) is 69.6 cm³/mol. The van der Waals surface area contributed by atoms with Gasteiger partial charge in [-0.2, -0.15) is 0 Å². The summed E-state index contributed by atoms with van der Waals surface area (Å²) in [5.74, 6) is 0.110. The van der Waals surface area contributed by atoms with Crippen LogP contribution in [0.25, 0.3) is 0 Å². The monoisotopic (exact) mass is 253 g/mol. The van der Waals surface area contributed by atoms with E-state index in [9.17, 15) is 8.42 Å². The summed E-state index contributed by atoms with van der Waals surface area (Å²) in [6, 6.07) is 8.01. The lowest BCUT2D eigenvalue weighted by Crippen LogP contribution is -2.31. The molecule has 1 fully saturated rings. The van der Waals surface area contributed by atoms with Gasteiger partial charge in [-0.1, -0.05) is 24.3 Å². The molecule has 1 saturated carbocycles. The summed E-state index contributed by atoms with van der Waals surface area (Å²) < 4.78 is 22.4. The Balaban J connectivity index is 2.20. The zero-order chi connectivity index (χ0) is 12.7. The van der Waals surface area contributed by atoms with Gasteiger partial charge in [-0.15, -0.1) is 0 Å². The van der Waals surface area contributed by atoms with Gasteiger partial charge in [0.2, 0.25) is 0 Å². The molecule has 0 aromatic heterocycles. The molecule has 1 unspecified atom stereocenters. The lowest BCUT2D eigenvalue weighted by molar-refractivity contribution is 0.556. The minimum atomic E-state index is -2.95. The van der Waals surface area contributed by atoms with Gasteiger partial charge in [-0.3, -0.25) is 0 Å². The molecular formula is C13H19NO2S. The van der Waals surface area contributed by atoms with Crippen molar-refractivity contribution in [2.24, 2.45) is 5.73 Å². The van der Waals surface area contributed by atoms with Crippen molar-refractivity contribution in [1.82, 2.24) is 0 Å². The third-order valence-corrected chi connectivity index (χ3v) is 4.48. The van der Waals surface area contributed by atoms with E-state index in [4.69, 9.17) is 5.73 Å². The summed E-state index contributed by atoms with van der Waals surface area (Å²) in [4.78, 5) is 0. The summed E-state index contributed by atoms with van der Waals surface area (Å²) in [5, 5.41) is 0. The van der Waals surface area contributed by atoms with Crippen molar-refractivity contribution in [3.05, 3.63) is 35.4 Å².